The maximum absolute atomic E-state index is 13.6. The highest BCUT2D eigenvalue weighted by atomic mass is 19.4. The normalized spacial score (nSPS) is 11.1. The van der Waals surface area contributed by atoms with Crippen LogP contribution in [-0.4, -0.2) is 54.4 Å². The van der Waals surface area contributed by atoms with Crippen molar-refractivity contribution in [3.63, 3.8) is 0 Å². The van der Waals surface area contributed by atoms with Crippen LogP contribution in [0.15, 0.2) is 115 Å². The molecule has 0 saturated carbocycles. The third-order valence-corrected chi connectivity index (χ3v) is 8.52. The van der Waals surface area contributed by atoms with Crippen LogP contribution in [0.1, 0.15) is 43.0 Å². The first-order valence-corrected chi connectivity index (χ1v) is 16.4. The van der Waals surface area contributed by atoms with Crippen molar-refractivity contribution in [2.24, 2.45) is 0 Å². The highest BCUT2D eigenvalue weighted by molar-refractivity contribution is 6.06. The summed E-state index contributed by atoms with van der Waals surface area (Å²) in [5.74, 6) is -2.80. The lowest BCUT2D eigenvalue weighted by atomic mass is 10.0. The second-order valence-electron chi connectivity index (χ2n) is 12.4. The number of carbonyl (C=O) groups excluding carboxylic acids is 3. The highest BCUT2D eigenvalue weighted by Crippen LogP contribution is 2.35. The Kier molecular flexibility index (Phi) is 11.6. The lowest BCUT2D eigenvalue weighted by molar-refractivity contribution is -0.139. The summed E-state index contributed by atoms with van der Waals surface area (Å²) in [5.41, 5.74) is 4.07. The predicted octanol–water partition coefficient (Wildman–Crippen LogP) is 7.87. The van der Waals surface area contributed by atoms with Crippen LogP contribution in [0.5, 0.6) is 5.75 Å². The summed E-state index contributed by atoms with van der Waals surface area (Å²) in [6.45, 7) is 1.34. The first-order chi connectivity index (χ1) is 25.2. The number of halogens is 3. The van der Waals surface area contributed by atoms with Gasteiger partial charge < -0.3 is 25.0 Å². The van der Waals surface area contributed by atoms with Gasteiger partial charge in [0.1, 0.15) is 12.3 Å². The number of carboxylic acids is 1. The first-order valence-electron chi connectivity index (χ1n) is 16.4. The quantitative estimate of drug-likeness (QED) is 0.135. The second-order valence-corrected chi connectivity index (χ2v) is 12.4. The van der Waals surface area contributed by atoms with E-state index in [2.05, 4.69) is 5.32 Å². The Bertz CT molecular complexity index is 2100. The van der Waals surface area contributed by atoms with E-state index in [0.717, 1.165) is 22.1 Å². The van der Waals surface area contributed by atoms with Gasteiger partial charge in [-0.15, -0.1) is 0 Å². The molecular formula is C41H36F3N3O6. The molecule has 5 aromatic carbocycles. The van der Waals surface area contributed by atoms with E-state index < -0.39 is 42.5 Å². The van der Waals surface area contributed by atoms with Gasteiger partial charge in [-0.2, -0.15) is 13.2 Å². The van der Waals surface area contributed by atoms with Gasteiger partial charge in [-0.25, -0.2) is 0 Å². The summed E-state index contributed by atoms with van der Waals surface area (Å²) in [5, 5.41) is 12.1. The van der Waals surface area contributed by atoms with E-state index >= 15 is 0 Å². The number of hydrogen-bond acceptors (Lipinski definition) is 5. The average Bonchev–Trinajstić information content (AvgIpc) is 3.14. The number of benzene rings is 5. The molecule has 0 spiro atoms. The number of aliphatic carboxylic acids is 1. The van der Waals surface area contributed by atoms with Gasteiger partial charge in [-0.05, 0) is 89.8 Å². The van der Waals surface area contributed by atoms with Crippen molar-refractivity contribution in [2.45, 2.75) is 26.1 Å². The molecule has 5 rings (SSSR count). The number of hydrogen-bond donors (Lipinski definition) is 2. The summed E-state index contributed by atoms with van der Waals surface area (Å²) >= 11 is 0. The monoisotopic (exact) mass is 723 g/mol. The van der Waals surface area contributed by atoms with Crippen LogP contribution in [-0.2, 0) is 28.7 Å². The molecule has 0 unspecified atom stereocenters. The van der Waals surface area contributed by atoms with Crippen molar-refractivity contribution >= 4 is 35.1 Å². The van der Waals surface area contributed by atoms with E-state index in [1.807, 2.05) is 55.5 Å². The molecule has 9 nitrogen and oxygen atoms in total. The van der Waals surface area contributed by atoms with Crippen molar-refractivity contribution in [2.75, 3.05) is 30.9 Å². The fourth-order valence-corrected chi connectivity index (χ4v) is 5.63. The number of carbonyl (C=O) groups is 4. The minimum absolute atomic E-state index is 0.00519. The van der Waals surface area contributed by atoms with Crippen LogP contribution >= 0.6 is 0 Å². The van der Waals surface area contributed by atoms with Crippen LogP contribution < -0.4 is 15.0 Å². The Morgan fingerprint density at radius 2 is 1.32 bits per heavy atom. The minimum Gasteiger partial charge on any atom is -0.497 e. The second kappa shape index (κ2) is 16.3. The number of amides is 3. The molecule has 0 fully saturated rings. The SMILES string of the molecule is COc1ccc(CC(=O)Nc2ccc(C(=O)N(CC(=O)O)Cc3ccc(C(=O)N(C)c4ccc(-c5ccc(C)cc5)cc4)cc3)cc2)c(C(F)(F)F)c1. The average molecular weight is 724 g/mol. The largest absolute Gasteiger partial charge is 0.497 e. The summed E-state index contributed by atoms with van der Waals surface area (Å²) in [4.78, 5) is 53.6. The number of nitrogens with one attached hydrogen (secondary N) is 1. The zero-order valence-corrected chi connectivity index (χ0v) is 29.1. The number of aryl methyl sites for hydroxylation is 1. The van der Waals surface area contributed by atoms with E-state index in [1.165, 1.54) is 54.0 Å². The topological polar surface area (TPSA) is 116 Å². The lowest BCUT2D eigenvalue weighted by Gasteiger charge is -2.22. The third kappa shape index (κ3) is 9.67. The molecule has 0 bridgehead atoms. The molecule has 0 saturated heterocycles. The zero-order chi connectivity index (χ0) is 38.3. The van der Waals surface area contributed by atoms with E-state index in [9.17, 15) is 37.5 Å². The van der Waals surface area contributed by atoms with Gasteiger partial charge in [-0.1, -0.05) is 60.2 Å². The molecule has 3 amide bonds. The molecule has 0 aliphatic heterocycles. The smallest absolute Gasteiger partial charge is 0.416 e. The summed E-state index contributed by atoms with van der Waals surface area (Å²) < 4.78 is 45.6. The Morgan fingerprint density at radius 3 is 1.89 bits per heavy atom. The van der Waals surface area contributed by atoms with Gasteiger partial charge in [0.2, 0.25) is 5.91 Å². The Hall–Kier alpha value is -6.43. The number of rotatable bonds is 12. The molecule has 272 valence electrons. The number of alkyl halides is 3. The minimum atomic E-state index is -4.69. The predicted molar refractivity (Wildman–Crippen MR) is 195 cm³/mol. The molecule has 12 heteroatoms. The fourth-order valence-electron chi connectivity index (χ4n) is 5.63. The van der Waals surface area contributed by atoms with Gasteiger partial charge >= 0.3 is 12.1 Å². The van der Waals surface area contributed by atoms with Crippen LogP contribution in [0.25, 0.3) is 11.1 Å². The van der Waals surface area contributed by atoms with Crippen LogP contribution in [0, 0.1) is 6.92 Å². The molecule has 2 N–H and O–H groups in total. The molecular weight excluding hydrogens is 687 g/mol. The van der Waals surface area contributed by atoms with E-state index in [4.69, 9.17) is 4.74 Å². The van der Waals surface area contributed by atoms with Gasteiger partial charge in [0, 0.05) is 36.1 Å². The van der Waals surface area contributed by atoms with Gasteiger partial charge in [0.15, 0.2) is 0 Å². The molecule has 0 aliphatic rings. The van der Waals surface area contributed by atoms with Crippen molar-refractivity contribution < 1.29 is 42.2 Å². The third-order valence-electron chi connectivity index (χ3n) is 8.52. The maximum atomic E-state index is 13.6. The lowest BCUT2D eigenvalue weighted by Crippen LogP contribution is -2.35. The number of anilines is 2. The molecule has 0 aliphatic carbocycles. The van der Waals surface area contributed by atoms with Gasteiger partial charge in [0.25, 0.3) is 11.8 Å². The van der Waals surface area contributed by atoms with E-state index in [-0.39, 0.29) is 35.0 Å². The highest BCUT2D eigenvalue weighted by Gasteiger charge is 2.34. The van der Waals surface area contributed by atoms with Crippen LogP contribution in [0.4, 0.5) is 24.5 Å². The van der Waals surface area contributed by atoms with Gasteiger partial charge in [-0.3, -0.25) is 19.2 Å². The Labute approximate surface area is 304 Å². The van der Waals surface area contributed by atoms with Crippen molar-refractivity contribution in [1.82, 2.24) is 4.90 Å². The maximum Gasteiger partial charge on any atom is 0.416 e. The molecule has 0 radical (unpaired) electrons. The Balaban J connectivity index is 1.21. The summed E-state index contributed by atoms with van der Waals surface area (Å²) in [7, 11) is 2.91. The molecule has 53 heavy (non-hydrogen) atoms. The summed E-state index contributed by atoms with van der Waals surface area (Å²) in [6, 6.07) is 31.2. The number of nitrogens with zero attached hydrogens (tertiary/aromatic N) is 2. The number of carboxylic acid groups (broad SMARTS) is 1. The number of methoxy groups -OCH3 is 1. The van der Waals surface area contributed by atoms with E-state index in [1.54, 1.807) is 31.3 Å². The molecule has 0 atom stereocenters. The van der Waals surface area contributed by atoms with E-state index in [0.29, 0.717) is 16.8 Å². The molecule has 0 heterocycles. The molecule has 0 aromatic heterocycles. The zero-order valence-electron chi connectivity index (χ0n) is 29.1. The van der Waals surface area contributed by atoms with Gasteiger partial charge in [0.05, 0.1) is 19.1 Å². The number of ether oxygens (including phenoxy) is 1. The fraction of sp³-hybridized carbons (Fsp3) is 0.171. The summed E-state index contributed by atoms with van der Waals surface area (Å²) in [6.07, 6.45) is -5.26. The Morgan fingerprint density at radius 1 is 0.755 bits per heavy atom. The van der Waals surface area contributed by atoms with Crippen molar-refractivity contribution in [3.8, 4) is 16.9 Å². The van der Waals surface area contributed by atoms with Crippen LogP contribution in [0.3, 0.4) is 0 Å². The van der Waals surface area contributed by atoms with Crippen molar-refractivity contribution in [1.29, 1.82) is 0 Å². The molecule has 5 aromatic rings. The van der Waals surface area contributed by atoms with Crippen molar-refractivity contribution in [3.05, 3.63) is 149 Å². The first kappa shape index (κ1) is 37.8. The van der Waals surface area contributed by atoms with Crippen LogP contribution in [0.2, 0.25) is 0 Å². The standard InChI is InChI=1S/C41H36F3N3O6/c1-26-4-8-28(9-5-26)29-14-19-34(20-15-29)46(2)39(51)30-10-6-27(7-11-30)24-47(25-38(49)50)40(52)31-12-17-33(18-13-31)45-37(48)22-32-16-21-35(53-3)23-36(32)41(42,43)44/h4-21,23H,22,24-25H2,1-3H3,(H,45,48)(H,49,50).